The largest absolute Gasteiger partial charge is 0.484 e. The molecular weight excluding hydrogens is 338 g/mol. The van der Waals surface area contributed by atoms with Crippen LogP contribution in [0.3, 0.4) is 0 Å². The van der Waals surface area contributed by atoms with Crippen molar-refractivity contribution in [2.45, 2.75) is 20.1 Å². The Morgan fingerprint density at radius 1 is 1.38 bits per heavy atom. The molecule has 0 amide bonds. The van der Waals surface area contributed by atoms with Crippen LogP contribution in [0.1, 0.15) is 17.3 Å². The summed E-state index contributed by atoms with van der Waals surface area (Å²) in [6.45, 7) is 4.26. The van der Waals surface area contributed by atoms with Crippen LogP contribution in [0.4, 0.5) is 0 Å². The Morgan fingerprint density at radius 2 is 2.24 bits per heavy atom. The summed E-state index contributed by atoms with van der Waals surface area (Å²) in [6.07, 6.45) is 0. The number of nitrogens with zero attached hydrogens (tertiary/aromatic N) is 2. The molecule has 2 aromatic rings. The third-order valence-electron chi connectivity index (χ3n) is 2.75. The van der Waals surface area contributed by atoms with E-state index in [1.807, 2.05) is 18.2 Å². The number of nitrogens with one attached hydrogen (secondary N) is 1. The predicted molar refractivity (Wildman–Crippen MR) is 81.1 cm³/mol. The lowest BCUT2D eigenvalue weighted by Crippen LogP contribution is -2.18. The first-order valence-electron chi connectivity index (χ1n) is 6.59. The van der Waals surface area contributed by atoms with Crippen molar-refractivity contribution in [3.63, 3.8) is 0 Å². The summed E-state index contributed by atoms with van der Waals surface area (Å²) < 4.78 is 16.7. The van der Waals surface area contributed by atoms with Crippen LogP contribution in [0.2, 0.25) is 0 Å². The van der Waals surface area contributed by atoms with E-state index < -0.39 is 0 Å². The monoisotopic (exact) mass is 355 g/mol. The molecule has 0 fully saturated rings. The maximum Gasteiger partial charge on any atom is 0.264 e. The van der Waals surface area contributed by atoms with Gasteiger partial charge in [-0.15, -0.1) is 0 Å². The quantitative estimate of drug-likeness (QED) is 0.733. The Bertz CT molecular complexity index is 574. The highest BCUT2D eigenvalue weighted by Gasteiger charge is 2.06. The van der Waals surface area contributed by atoms with Crippen molar-refractivity contribution in [1.29, 1.82) is 0 Å². The molecule has 1 N–H and O–H groups in total. The predicted octanol–water partition coefficient (Wildman–Crippen LogP) is 2.46. The van der Waals surface area contributed by atoms with Crippen LogP contribution in [0.5, 0.6) is 5.75 Å². The van der Waals surface area contributed by atoms with Gasteiger partial charge in [-0.1, -0.05) is 21.1 Å². The number of benzene rings is 1. The first-order valence-corrected chi connectivity index (χ1v) is 7.38. The molecule has 21 heavy (non-hydrogen) atoms. The number of hydrogen-bond acceptors (Lipinski definition) is 6. The second kappa shape index (κ2) is 8.11. The number of halogens is 1. The van der Waals surface area contributed by atoms with Crippen LogP contribution >= 0.6 is 15.9 Å². The number of ether oxygens (including phenoxy) is 2. The lowest BCUT2D eigenvalue weighted by atomic mass is 10.2. The van der Waals surface area contributed by atoms with Crippen molar-refractivity contribution in [1.82, 2.24) is 15.5 Å². The fraction of sp³-hybridized carbons (Fsp3) is 0.429. The van der Waals surface area contributed by atoms with E-state index in [9.17, 15) is 0 Å². The van der Waals surface area contributed by atoms with Gasteiger partial charge in [0.25, 0.3) is 5.89 Å². The van der Waals surface area contributed by atoms with Gasteiger partial charge in [0.2, 0.25) is 0 Å². The fourth-order valence-electron chi connectivity index (χ4n) is 1.72. The Balaban J connectivity index is 1.91. The van der Waals surface area contributed by atoms with Gasteiger partial charge in [-0.3, -0.25) is 0 Å². The molecule has 1 aromatic heterocycles. The van der Waals surface area contributed by atoms with Crippen LogP contribution < -0.4 is 10.1 Å². The van der Waals surface area contributed by atoms with Crippen molar-refractivity contribution >= 4 is 15.9 Å². The molecule has 2 rings (SSSR count). The van der Waals surface area contributed by atoms with E-state index >= 15 is 0 Å². The van der Waals surface area contributed by atoms with Crippen LogP contribution in [0.15, 0.2) is 27.2 Å². The van der Waals surface area contributed by atoms with Crippen molar-refractivity contribution in [2.75, 3.05) is 20.3 Å². The number of methoxy groups -OCH3 is 1. The average Bonchev–Trinajstić information content (AvgIpc) is 2.89. The van der Waals surface area contributed by atoms with Gasteiger partial charge in [-0.05, 0) is 30.7 Å². The van der Waals surface area contributed by atoms with Crippen molar-refractivity contribution < 1.29 is 14.0 Å². The molecule has 0 atom stereocenters. The van der Waals surface area contributed by atoms with Crippen molar-refractivity contribution in [2.24, 2.45) is 0 Å². The number of rotatable bonds is 8. The minimum absolute atomic E-state index is 0.263. The van der Waals surface area contributed by atoms with Gasteiger partial charge in [-0.2, -0.15) is 4.98 Å². The van der Waals surface area contributed by atoms with E-state index in [1.165, 1.54) is 0 Å². The Labute approximate surface area is 132 Å². The third kappa shape index (κ3) is 5.11. The summed E-state index contributed by atoms with van der Waals surface area (Å²) in [4.78, 5) is 4.10. The smallest absolute Gasteiger partial charge is 0.264 e. The molecule has 7 heteroatoms. The Kier molecular flexibility index (Phi) is 6.16. The molecule has 1 aromatic carbocycles. The molecule has 0 spiro atoms. The van der Waals surface area contributed by atoms with E-state index in [2.05, 4.69) is 31.4 Å². The number of hydrogen-bond donors (Lipinski definition) is 1. The highest BCUT2D eigenvalue weighted by Crippen LogP contribution is 2.23. The summed E-state index contributed by atoms with van der Waals surface area (Å²) in [5.74, 6) is 1.83. The van der Waals surface area contributed by atoms with E-state index in [0.29, 0.717) is 18.3 Å². The van der Waals surface area contributed by atoms with E-state index in [1.54, 1.807) is 14.0 Å². The van der Waals surface area contributed by atoms with E-state index in [4.69, 9.17) is 14.0 Å². The Hall–Kier alpha value is -1.44. The zero-order valence-electron chi connectivity index (χ0n) is 12.1. The van der Waals surface area contributed by atoms with Crippen molar-refractivity contribution in [3.05, 3.63) is 40.0 Å². The molecule has 6 nitrogen and oxygen atoms in total. The van der Waals surface area contributed by atoms with Gasteiger partial charge in [-0.25, -0.2) is 0 Å². The molecule has 0 bridgehead atoms. The summed E-state index contributed by atoms with van der Waals surface area (Å²) in [5, 5.41) is 7.02. The zero-order valence-corrected chi connectivity index (χ0v) is 13.6. The SMILES string of the molecule is COCCNCc1cc(OCc2nc(C)no2)ccc1Br. The molecule has 0 unspecified atom stereocenters. The topological polar surface area (TPSA) is 69.4 Å². The minimum atomic E-state index is 0.263. The summed E-state index contributed by atoms with van der Waals surface area (Å²) in [5.41, 5.74) is 1.12. The Morgan fingerprint density at radius 3 is 2.95 bits per heavy atom. The van der Waals surface area contributed by atoms with Crippen LogP contribution in [-0.4, -0.2) is 30.4 Å². The maximum absolute atomic E-state index is 5.66. The van der Waals surface area contributed by atoms with Gasteiger partial charge in [0.05, 0.1) is 6.61 Å². The third-order valence-corrected chi connectivity index (χ3v) is 3.52. The molecule has 114 valence electrons. The molecular formula is C14H18BrN3O3. The second-order valence-corrected chi connectivity index (χ2v) is 5.30. The van der Waals surface area contributed by atoms with Crippen molar-refractivity contribution in [3.8, 4) is 5.75 Å². The molecule has 0 aliphatic heterocycles. The highest BCUT2D eigenvalue weighted by molar-refractivity contribution is 9.10. The lowest BCUT2D eigenvalue weighted by molar-refractivity contribution is 0.199. The summed E-state index contributed by atoms with van der Waals surface area (Å²) in [7, 11) is 1.69. The first-order chi connectivity index (χ1) is 10.2. The normalized spacial score (nSPS) is 10.8. The first kappa shape index (κ1) is 15.9. The van der Waals surface area contributed by atoms with Crippen LogP contribution in [0, 0.1) is 6.92 Å². The number of aromatic nitrogens is 2. The molecule has 0 saturated heterocycles. The molecule has 0 saturated carbocycles. The summed E-state index contributed by atoms with van der Waals surface area (Å²) in [6, 6.07) is 5.83. The molecule has 1 heterocycles. The highest BCUT2D eigenvalue weighted by atomic mass is 79.9. The van der Waals surface area contributed by atoms with Gasteiger partial charge < -0.3 is 19.3 Å². The van der Waals surface area contributed by atoms with E-state index in [0.717, 1.165) is 28.9 Å². The average molecular weight is 356 g/mol. The van der Waals surface area contributed by atoms with Crippen LogP contribution in [0.25, 0.3) is 0 Å². The zero-order chi connectivity index (χ0) is 15.1. The maximum atomic E-state index is 5.66. The molecule has 0 radical (unpaired) electrons. The standard InChI is InChI=1S/C14H18BrN3O3/c1-10-17-14(21-18-10)9-20-12-3-4-13(15)11(7-12)8-16-5-6-19-2/h3-4,7,16H,5-6,8-9H2,1-2H3. The number of aryl methyl sites for hydroxylation is 1. The summed E-state index contributed by atoms with van der Waals surface area (Å²) >= 11 is 3.53. The minimum Gasteiger partial charge on any atom is -0.484 e. The second-order valence-electron chi connectivity index (χ2n) is 4.45. The van der Waals surface area contributed by atoms with Gasteiger partial charge in [0.1, 0.15) is 5.75 Å². The molecule has 0 aliphatic carbocycles. The molecule has 0 aliphatic rings. The van der Waals surface area contributed by atoms with Gasteiger partial charge >= 0.3 is 0 Å². The van der Waals surface area contributed by atoms with Crippen LogP contribution in [-0.2, 0) is 17.9 Å². The fourth-order valence-corrected chi connectivity index (χ4v) is 2.10. The van der Waals surface area contributed by atoms with Gasteiger partial charge in [0.15, 0.2) is 12.4 Å². The lowest BCUT2D eigenvalue weighted by Gasteiger charge is -2.09. The van der Waals surface area contributed by atoms with Gasteiger partial charge in [0, 0.05) is 24.7 Å². The van der Waals surface area contributed by atoms with E-state index in [-0.39, 0.29) is 6.61 Å².